The van der Waals surface area contributed by atoms with Crippen molar-refractivity contribution in [2.45, 2.75) is 0 Å². The summed E-state index contributed by atoms with van der Waals surface area (Å²) in [5.74, 6) is 0.856. The molecule has 0 radical (unpaired) electrons. The van der Waals surface area contributed by atoms with Gasteiger partial charge in [0, 0.05) is 108 Å². The van der Waals surface area contributed by atoms with Crippen LogP contribution in [0.2, 0.25) is 0 Å². The van der Waals surface area contributed by atoms with Gasteiger partial charge in [-0.15, -0.1) is 156 Å². The van der Waals surface area contributed by atoms with Crippen molar-refractivity contribution in [1.29, 1.82) is 10.5 Å². The van der Waals surface area contributed by atoms with Gasteiger partial charge in [0.1, 0.15) is 21.7 Å². The van der Waals surface area contributed by atoms with Crippen LogP contribution in [-0.2, 0) is 99.1 Å². The van der Waals surface area contributed by atoms with Gasteiger partial charge in [-0.1, -0.05) is 216 Å². The van der Waals surface area contributed by atoms with E-state index < -0.39 is 7.92 Å². The molecule has 0 amide bonds. The molecule has 0 atom stereocenters. The second-order valence-electron chi connectivity index (χ2n) is 31.5. The molecule has 0 bridgehead atoms. The van der Waals surface area contributed by atoms with Crippen molar-refractivity contribution in [3.8, 4) is 112 Å². The van der Waals surface area contributed by atoms with Gasteiger partial charge in [0.15, 0.2) is 0 Å². The van der Waals surface area contributed by atoms with Crippen molar-refractivity contribution < 1.29 is 99.1 Å². The minimum Gasteiger partial charge on any atom is -0.512 e. The van der Waals surface area contributed by atoms with E-state index in [1.165, 1.54) is 15.9 Å². The van der Waals surface area contributed by atoms with Crippen LogP contribution in [0, 0.1) is 72.2 Å². The standard InChI is InChI=1S/C23H17N3.C18H11N2.C18H15P.C17H11N3.2C17H11N.C16H11N2.2CN.Cu.Pd.2Pt.Rh/c1-26(20-12-7-11-19(17-20)21-13-5-6-16-24-21)23-15-8-14-22(25-23)18-9-3-2-4-10-18;1-2-10-19-17(5-1)15-9-7-13-6-8-14-4-3-11-20-18(14)16(13)12-15;1-4-10-16(11-5-1)19(17-12-6-2-7-13-17)18-14-8-3-9-15-18;1-2-10-18-14(5-1)15-9-8-13-7-6-12-4-3-11-19-16(12)17(13)20-15;2*1-2-7-14(8-3-1)15-9-6-10-16(13-15)17-11-4-5-12-18-17;1-3-10-17-15(8-1)13-6-5-7-14(12-13)16-9-2-4-11-18-16;2*1-2;;;;;/h2-9,11-16H,1H3;1-11H;1-15H;1-11H;2*1-7,9-12H;1-11H;;;;;;;/q-2;-1;;;2*-2;3*-1;+1;3*+2;+3/p+1. The van der Waals surface area contributed by atoms with Gasteiger partial charge in [-0.2, -0.15) is 83.9 Å². The SMILES string of the molecule is CN(c1[c-]c(-c2ccccn2)ccc1)c1cccc(-c2[c-]cccc2)n1.[C-]#N.[C-]#N.[Cu+].[Pd+2].[Pt+2].[Pt+2].[Rh+3].[c-]1c(-c2ccccn2)ccc2ccc3cccnc3c12.[c-]1c(-c2ccccn2)cccc1-c1ccccn1.[c-]1ccccc1-c1[c-]c(-c2ccccn2)ccc1.[c-]1ccccc1-c1[c-]c(-c2ccccn2)ccc1.c1ccc(-c2ccc3ccc4cccnc4c3n2)nc1.c1ccc([PH+](c2ccccc2)c2ccccc2)cc1. The van der Waals surface area contributed by atoms with Gasteiger partial charge in [0.05, 0.1) is 30.3 Å². The van der Waals surface area contributed by atoms with E-state index in [1.807, 2.05) is 328 Å². The summed E-state index contributed by atoms with van der Waals surface area (Å²) in [5.41, 5.74) is 23.1. The summed E-state index contributed by atoms with van der Waals surface area (Å²) in [5, 5.41) is 22.3. The molecule has 148 heavy (non-hydrogen) atoms. The topological polar surface area (TPSA) is 193 Å². The third-order valence-electron chi connectivity index (χ3n) is 22.3. The first-order chi connectivity index (χ1) is 70.9. The predicted molar refractivity (Wildman–Crippen MR) is 580 cm³/mol. The summed E-state index contributed by atoms with van der Waals surface area (Å²) in [6.07, 6.45) is 16.2. The van der Waals surface area contributed by atoms with E-state index >= 15 is 0 Å². The number of benzene rings is 13. The molecule has 0 spiro atoms. The maximum absolute atomic E-state index is 6.25. The molecule has 20 heteroatoms. The molecule has 0 saturated heterocycles. The Morgan fingerprint density at radius 2 is 0.520 bits per heavy atom. The maximum atomic E-state index is 6.25. The fraction of sp³-hybridized carbons (Fsp3) is 0.00781. The van der Waals surface area contributed by atoms with Crippen molar-refractivity contribution in [3.05, 3.63) is 572 Å². The molecule has 0 unspecified atom stereocenters. The molecule has 0 fully saturated rings. The molecule has 0 N–H and O–H groups in total. The van der Waals surface area contributed by atoms with Crippen LogP contribution in [0.5, 0.6) is 0 Å². The van der Waals surface area contributed by atoms with Crippen molar-refractivity contribution in [1.82, 2.24) is 54.8 Å². The van der Waals surface area contributed by atoms with Crippen LogP contribution in [0.4, 0.5) is 11.5 Å². The molecule has 724 valence electrons. The summed E-state index contributed by atoms with van der Waals surface area (Å²) >= 11 is 0. The van der Waals surface area contributed by atoms with E-state index in [4.69, 9.17) is 33.6 Å². The predicted octanol–water partition coefficient (Wildman–Crippen LogP) is 28.3. The van der Waals surface area contributed by atoms with Gasteiger partial charge in [0.25, 0.3) is 0 Å². The van der Waals surface area contributed by atoms with Crippen LogP contribution in [0.25, 0.3) is 156 Å². The van der Waals surface area contributed by atoms with Gasteiger partial charge in [-0.3, -0.25) is 44.9 Å². The first-order valence-electron chi connectivity index (χ1n) is 45.8. The molecule has 0 aliphatic heterocycles. The molecular formula is C128H88CuN14PPdPt2Rh+. The van der Waals surface area contributed by atoms with Crippen molar-refractivity contribution >= 4 is 78.8 Å². The second kappa shape index (κ2) is 60.0. The van der Waals surface area contributed by atoms with E-state index in [2.05, 4.69) is 239 Å². The first-order valence-corrected chi connectivity index (χ1v) is 47.3. The van der Waals surface area contributed by atoms with E-state index in [9.17, 15) is 0 Å². The Morgan fingerprint density at radius 3 is 0.919 bits per heavy atom. The van der Waals surface area contributed by atoms with Crippen molar-refractivity contribution in [2.75, 3.05) is 11.9 Å². The Bertz CT molecular complexity index is 7350. The largest absolute Gasteiger partial charge is 3.00 e. The van der Waals surface area contributed by atoms with Crippen LogP contribution < -0.4 is 20.8 Å². The number of anilines is 2. The molecule has 24 aromatic rings. The number of hydrogen-bond donors (Lipinski definition) is 0. The van der Waals surface area contributed by atoms with Gasteiger partial charge in [-0.25, -0.2) is 16.1 Å². The van der Waals surface area contributed by atoms with Gasteiger partial charge >= 0.3 is 99.1 Å². The van der Waals surface area contributed by atoms with Gasteiger partial charge in [0.2, 0.25) is 0 Å². The zero-order valence-electron chi connectivity index (χ0n) is 79.3. The summed E-state index contributed by atoms with van der Waals surface area (Å²) < 4.78 is 0. The second-order valence-corrected chi connectivity index (χ2v) is 34.0. The molecule has 0 aliphatic rings. The Kier molecular flexibility index (Phi) is 45.5. The Morgan fingerprint density at radius 1 is 0.223 bits per heavy atom. The fourth-order valence-corrected chi connectivity index (χ4v) is 18.0. The number of hydrogen-bond acceptors (Lipinski definition) is 14. The minimum atomic E-state index is -0.877. The molecular weight excluding hydrogens is 2430 g/mol. The van der Waals surface area contributed by atoms with Crippen molar-refractivity contribution in [2.24, 2.45) is 0 Å². The molecule has 24 rings (SSSR count). The van der Waals surface area contributed by atoms with E-state index in [-0.39, 0.29) is 99.1 Å². The minimum absolute atomic E-state index is 0. The quantitative estimate of drug-likeness (QED) is 0.0407. The van der Waals surface area contributed by atoms with Crippen LogP contribution in [0.3, 0.4) is 0 Å². The number of nitrogens with zero attached hydrogens (tertiary/aromatic N) is 14. The van der Waals surface area contributed by atoms with E-state index in [0.717, 1.165) is 167 Å². The van der Waals surface area contributed by atoms with Crippen LogP contribution >= 0.6 is 7.92 Å². The summed E-state index contributed by atoms with van der Waals surface area (Å²) in [6.45, 7) is 9.50. The normalized spacial score (nSPS) is 9.93. The molecule has 0 saturated carbocycles. The van der Waals surface area contributed by atoms with Gasteiger partial charge in [-0.05, 0) is 132 Å². The van der Waals surface area contributed by atoms with Crippen molar-refractivity contribution in [3.63, 3.8) is 0 Å². The van der Waals surface area contributed by atoms with Crippen LogP contribution in [0.15, 0.2) is 511 Å². The third-order valence-corrected chi connectivity index (χ3v) is 25.0. The number of pyridine rings is 11. The smallest absolute Gasteiger partial charge is 0.512 e. The average Bonchev–Trinajstić information content (AvgIpc) is 0.783. The van der Waals surface area contributed by atoms with Crippen LogP contribution in [-0.4, -0.2) is 61.9 Å². The third kappa shape index (κ3) is 31.0. The summed E-state index contributed by atoms with van der Waals surface area (Å²) in [4.78, 5) is 51.0. The fourth-order valence-electron chi connectivity index (χ4n) is 15.4. The molecule has 11 heterocycles. The Labute approximate surface area is 931 Å². The molecule has 14 nitrogen and oxygen atoms in total. The van der Waals surface area contributed by atoms with E-state index in [0.29, 0.717) is 0 Å². The van der Waals surface area contributed by atoms with Gasteiger partial charge < -0.3 is 33.6 Å². The van der Waals surface area contributed by atoms with E-state index in [1.54, 1.807) is 49.6 Å². The number of rotatable bonds is 15. The zero-order valence-corrected chi connectivity index (χ0v) is 89.0. The maximum Gasteiger partial charge on any atom is 3.00 e. The zero-order chi connectivity index (χ0) is 98.0. The number of aromatic nitrogens is 11. The molecule has 11 aromatic heterocycles. The molecule has 0 aliphatic carbocycles. The summed E-state index contributed by atoms with van der Waals surface area (Å²) in [7, 11) is 1.12. The molecule has 13 aromatic carbocycles. The number of fused-ring (bicyclic) bond motifs is 6. The monoisotopic (exact) mass is 2510 g/mol. The first kappa shape index (κ1) is 112. The average molecular weight is 2520 g/mol. The Hall–Kier alpha value is -16.1. The Balaban J connectivity index is 0.000000163. The summed E-state index contributed by atoms with van der Waals surface area (Å²) in [6, 6.07) is 179. The van der Waals surface area contributed by atoms with Crippen LogP contribution in [0.1, 0.15) is 0 Å².